The number of hydrogen-bond acceptors (Lipinski definition) is 2. The van der Waals surface area contributed by atoms with E-state index in [0.717, 1.165) is 12.0 Å². The van der Waals surface area contributed by atoms with E-state index in [1.54, 1.807) is 0 Å². The lowest BCUT2D eigenvalue weighted by Gasteiger charge is -2.17. The summed E-state index contributed by atoms with van der Waals surface area (Å²) in [5, 5.41) is 0. The molecule has 3 nitrogen and oxygen atoms in total. The zero-order chi connectivity index (χ0) is 14.0. The lowest BCUT2D eigenvalue weighted by molar-refractivity contribution is -0.140. The van der Waals surface area contributed by atoms with Crippen molar-refractivity contribution >= 4 is 11.8 Å². The highest BCUT2D eigenvalue weighted by atomic mass is 16.2. The van der Waals surface area contributed by atoms with Gasteiger partial charge in [-0.2, -0.15) is 0 Å². The molecular formula is C16H21NO2. The number of nitrogens with zero attached hydrogens (tertiary/aromatic N) is 1. The summed E-state index contributed by atoms with van der Waals surface area (Å²) in [5.74, 6) is -0.0923. The van der Waals surface area contributed by atoms with Crippen molar-refractivity contribution in [3.63, 3.8) is 0 Å². The van der Waals surface area contributed by atoms with Crippen LogP contribution in [0.5, 0.6) is 0 Å². The number of benzene rings is 1. The molecule has 0 spiro atoms. The summed E-state index contributed by atoms with van der Waals surface area (Å²) in [4.78, 5) is 26.2. The topological polar surface area (TPSA) is 37.4 Å². The summed E-state index contributed by atoms with van der Waals surface area (Å²) in [7, 11) is 0. The Morgan fingerprint density at radius 3 is 2.21 bits per heavy atom. The normalized spacial score (nSPS) is 23.5. The lowest BCUT2D eigenvalue weighted by atomic mass is 9.84. The SMILES string of the molecule is CCC1C(=O)N(Cc2ccccc2)C(=O)C1C(C)C. The van der Waals surface area contributed by atoms with Gasteiger partial charge in [0.2, 0.25) is 11.8 Å². The van der Waals surface area contributed by atoms with Crippen molar-refractivity contribution in [3.8, 4) is 0 Å². The Bertz CT molecular complexity index is 467. The van der Waals surface area contributed by atoms with Crippen LogP contribution in [0, 0.1) is 17.8 Å². The van der Waals surface area contributed by atoms with Crippen molar-refractivity contribution in [1.29, 1.82) is 0 Å². The molecule has 2 amide bonds. The van der Waals surface area contributed by atoms with Gasteiger partial charge in [-0.25, -0.2) is 0 Å². The van der Waals surface area contributed by atoms with E-state index in [2.05, 4.69) is 0 Å². The fourth-order valence-corrected chi connectivity index (χ4v) is 2.91. The highest BCUT2D eigenvalue weighted by molar-refractivity contribution is 6.05. The Hall–Kier alpha value is -1.64. The van der Waals surface area contributed by atoms with Crippen molar-refractivity contribution in [3.05, 3.63) is 35.9 Å². The fourth-order valence-electron chi connectivity index (χ4n) is 2.91. The molecule has 1 saturated heterocycles. The van der Waals surface area contributed by atoms with E-state index in [1.807, 2.05) is 51.1 Å². The van der Waals surface area contributed by atoms with Crippen LogP contribution in [0.25, 0.3) is 0 Å². The highest BCUT2D eigenvalue weighted by Gasteiger charge is 2.47. The van der Waals surface area contributed by atoms with Crippen LogP contribution in [0.4, 0.5) is 0 Å². The van der Waals surface area contributed by atoms with E-state index in [-0.39, 0.29) is 29.6 Å². The Labute approximate surface area is 114 Å². The van der Waals surface area contributed by atoms with Crippen LogP contribution < -0.4 is 0 Å². The molecule has 2 atom stereocenters. The van der Waals surface area contributed by atoms with Gasteiger partial charge >= 0.3 is 0 Å². The first kappa shape index (κ1) is 13.8. The Morgan fingerprint density at radius 2 is 1.74 bits per heavy atom. The van der Waals surface area contributed by atoms with Crippen molar-refractivity contribution in [2.75, 3.05) is 0 Å². The molecule has 19 heavy (non-hydrogen) atoms. The summed E-state index contributed by atoms with van der Waals surface area (Å²) in [6, 6.07) is 9.69. The molecule has 1 aliphatic rings. The molecule has 0 aromatic heterocycles. The minimum absolute atomic E-state index is 0.00398. The van der Waals surface area contributed by atoms with E-state index >= 15 is 0 Å². The lowest BCUT2D eigenvalue weighted by Crippen LogP contribution is -2.31. The summed E-state index contributed by atoms with van der Waals surface area (Å²) in [5.41, 5.74) is 1.00. The van der Waals surface area contributed by atoms with Gasteiger partial charge in [0, 0.05) is 0 Å². The number of rotatable bonds is 4. The first-order valence-electron chi connectivity index (χ1n) is 6.95. The van der Waals surface area contributed by atoms with Crippen molar-refractivity contribution < 1.29 is 9.59 Å². The summed E-state index contributed by atoms with van der Waals surface area (Å²) >= 11 is 0. The van der Waals surface area contributed by atoms with Gasteiger partial charge in [0.05, 0.1) is 18.4 Å². The van der Waals surface area contributed by atoms with Crippen LogP contribution >= 0.6 is 0 Å². The second kappa shape index (κ2) is 5.55. The van der Waals surface area contributed by atoms with Crippen LogP contribution in [0.15, 0.2) is 30.3 Å². The van der Waals surface area contributed by atoms with Crippen molar-refractivity contribution in [2.24, 2.45) is 17.8 Å². The molecule has 0 N–H and O–H groups in total. The largest absolute Gasteiger partial charge is 0.278 e. The monoisotopic (exact) mass is 259 g/mol. The van der Waals surface area contributed by atoms with E-state index in [4.69, 9.17) is 0 Å². The molecule has 1 heterocycles. The summed E-state index contributed by atoms with van der Waals surface area (Å²) < 4.78 is 0. The number of likely N-dealkylation sites (tertiary alicyclic amines) is 1. The molecule has 0 saturated carbocycles. The average molecular weight is 259 g/mol. The van der Waals surface area contributed by atoms with Crippen molar-refractivity contribution in [2.45, 2.75) is 33.7 Å². The molecule has 0 bridgehead atoms. The highest BCUT2D eigenvalue weighted by Crippen LogP contribution is 2.34. The third-order valence-corrected chi connectivity index (χ3v) is 3.91. The molecule has 0 aliphatic carbocycles. The summed E-state index contributed by atoms with van der Waals surface area (Å²) in [6.07, 6.45) is 0.735. The predicted molar refractivity (Wildman–Crippen MR) is 74.1 cm³/mol. The molecule has 3 heteroatoms. The standard InChI is InChI=1S/C16H21NO2/c1-4-13-14(11(2)3)16(19)17(15(13)18)10-12-8-6-5-7-9-12/h5-9,11,13-14H,4,10H2,1-3H3. The number of hydrogen-bond donors (Lipinski definition) is 0. The van der Waals surface area contributed by atoms with Gasteiger partial charge in [-0.3, -0.25) is 14.5 Å². The maximum atomic E-state index is 12.4. The van der Waals surface area contributed by atoms with Crippen LogP contribution in [0.2, 0.25) is 0 Å². The number of carbonyl (C=O) groups is 2. The minimum Gasteiger partial charge on any atom is -0.278 e. The first-order valence-corrected chi connectivity index (χ1v) is 6.95. The third kappa shape index (κ3) is 2.55. The fraction of sp³-hybridized carbons (Fsp3) is 0.500. The number of carbonyl (C=O) groups excluding carboxylic acids is 2. The number of amides is 2. The van der Waals surface area contributed by atoms with Gasteiger partial charge in [-0.05, 0) is 17.9 Å². The molecule has 2 unspecified atom stereocenters. The first-order chi connectivity index (χ1) is 9.06. The average Bonchev–Trinajstić information content (AvgIpc) is 2.64. The molecule has 2 rings (SSSR count). The second-order valence-corrected chi connectivity index (χ2v) is 5.53. The maximum Gasteiger partial charge on any atom is 0.233 e. The van der Waals surface area contributed by atoms with Gasteiger partial charge < -0.3 is 0 Å². The predicted octanol–water partition coefficient (Wildman–Crippen LogP) is 2.85. The van der Waals surface area contributed by atoms with Crippen LogP contribution in [0.3, 0.4) is 0 Å². The van der Waals surface area contributed by atoms with E-state index in [1.165, 1.54) is 4.90 Å². The Kier molecular flexibility index (Phi) is 4.03. The smallest absolute Gasteiger partial charge is 0.233 e. The third-order valence-electron chi connectivity index (χ3n) is 3.91. The molecule has 0 radical (unpaired) electrons. The maximum absolute atomic E-state index is 12.4. The molecular weight excluding hydrogens is 238 g/mol. The van der Waals surface area contributed by atoms with Crippen LogP contribution in [-0.2, 0) is 16.1 Å². The van der Waals surface area contributed by atoms with Gasteiger partial charge in [0.1, 0.15) is 0 Å². The van der Waals surface area contributed by atoms with E-state index < -0.39 is 0 Å². The van der Waals surface area contributed by atoms with Crippen LogP contribution in [0.1, 0.15) is 32.8 Å². The Balaban J connectivity index is 2.22. The molecule has 1 fully saturated rings. The summed E-state index contributed by atoms with van der Waals surface area (Å²) in [6.45, 7) is 6.42. The van der Waals surface area contributed by atoms with Crippen LogP contribution in [-0.4, -0.2) is 16.7 Å². The molecule has 1 aromatic carbocycles. The van der Waals surface area contributed by atoms with E-state index in [9.17, 15) is 9.59 Å². The molecule has 1 aromatic rings. The Morgan fingerprint density at radius 1 is 1.11 bits per heavy atom. The van der Waals surface area contributed by atoms with E-state index in [0.29, 0.717) is 6.54 Å². The van der Waals surface area contributed by atoms with Gasteiger partial charge in [0.15, 0.2) is 0 Å². The second-order valence-electron chi connectivity index (χ2n) is 5.53. The quantitative estimate of drug-likeness (QED) is 0.780. The van der Waals surface area contributed by atoms with Gasteiger partial charge in [-0.1, -0.05) is 51.1 Å². The minimum atomic E-state index is -0.152. The van der Waals surface area contributed by atoms with Gasteiger partial charge in [-0.15, -0.1) is 0 Å². The zero-order valence-corrected chi connectivity index (χ0v) is 11.8. The molecule has 102 valence electrons. The number of imide groups is 1. The zero-order valence-electron chi connectivity index (χ0n) is 11.8. The molecule has 1 aliphatic heterocycles. The van der Waals surface area contributed by atoms with Crippen molar-refractivity contribution in [1.82, 2.24) is 4.90 Å². The van der Waals surface area contributed by atoms with Gasteiger partial charge in [0.25, 0.3) is 0 Å².